The highest BCUT2D eigenvalue weighted by Crippen LogP contribution is 2.26. The predicted molar refractivity (Wildman–Crippen MR) is 71.7 cm³/mol. The number of rotatable bonds is 4. The van der Waals surface area contributed by atoms with Gasteiger partial charge in [-0.1, -0.05) is 29.1 Å². The average Bonchev–Trinajstić information content (AvgIpc) is 3.10. The fourth-order valence-corrected chi connectivity index (χ4v) is 2.32. The minimum absolute atomic E-state index is 0.140. The van der Waals surface area contributed by atoms with E-state index in [0.717, 1.165) is 11.1 Å². The van der Waals surface area contributed by atoms with Gasteiger partial charge in [0.2, 0.25) is 0 Å². The van der Waals surface area contributed by atoms with Crippen LogP contribution in [0.3, 0.4) is 0 Å². The van der Waals surface area contributed by atoms with Crippen LogP contribution >= 0.6 is 11.8 Å². The Morgan fingerprint density at radius 1 is 1.40 bits per heavy atom. The topological polar surface area (TPSA) is 107 Å². The summed E-state index contributed by atoms with van der Waals surface area (Å²) in [5.74, 6) is 5.51. The number of nitrogens with two attached hydrogens (primary N) is 1. The standard InChI is InChI=1S/C12H10N4O3S/c13-15-11(17)9-5-7(19-16-9)6-20-12-14-8-3-1-2-4-10(8)18-12/h1-5H,6,13H2,(H,15,17). The molecular formula is C12H10N4O3S. The molecule has 0 spiro atoms. The number of benzene rings is 1. The number of fused-ring (bicyclic) bond motifs is 1. The molecule has 0 radical (unpaired) electrons. The zero-order chi connectivity index (χ0) is 13.9. The van der Waals surface area contributed by atoms with Gasteiger partial charge in [0.15, 0.2) is 11.3 Å². The van der Waals surface area contributed by atoms with Crippen LogP contribution in [0.2, 0.25) is 0 Å². The largest absolute Gasteiger partial charge is 0.431 e. The molecule has 0 fully saturated rings. The number of thioether (sulfide) groups is 1. The minimum Gasteiger partial charge on any atom is -0.431 e. The van der Waals surface area contributed by atoms with Gasteiger partial charge >= 0.3 is 0 Å². The van der Waals surface area contributed by atoms with E-state index in [1.807, 2.05) is 29.7 Å². The summed E-state index contributed by atoms with van der Waals surface area (Å²) < 4.78 is 10.6. The highest BCUT2D eigenvalue weighted by molar-refractivity contribution is 7.98. The number of aromatic nitrogens is 2. The maximum Gasteiger partial charge on any atom is 0.287 e. The van der Waals surface area contributed by atoms with Gasteiger partial charge in [-0.3, -0.25) is 10.2 Å². The van der Waals surface area contributed by atoms with Crippen LogP contribution in [0.5, 0.6) is 0 Å². The van der Waals surface area contributed by atoms with Crippen LogP contribution in [0.15, 0.2) is 44.5 Å². The molecule has 0 bridgehead atoms. The van der Waals surface area contributed by atoms with Crippen molar-refractivity contribution >= 4 is 28.8 Å². The number of para-hydroxylation sites is 2. The van der Waals surface area contributed by atoms with Gasteiger partial charge in [0.25, 0.3) is 11.1 Å². The van der Waals surface area contributed by atoms with E-state index in [2.05, 4.69) is 10.1 Å². The van der Waals surface area contributed by atoms with E-state index in [-0.39, 0.29) is 5.69 Å². The Morgan fingerprint density at radius 2 is 2.25 bits per heavy atom. The third-order valence-electron chi connectivity index (χ3n) is 2.53. The van der Waals surface area contributed by atoms with Gasteiger partial charge in [-0.15, -0.1) is 0 Å². The molecule has 0 aliphatic carbocycles. The monoisotopic (exact) mass is 290 g/mol. The van der Waals surface area contributed by atoms with Crippen LogP contribution in [-0.4, -0.2) is 16.0 Å². The molecule has 3 aromatic rings. The second-order valence-corrected chi connectivity index (χ2v) is 4.81. The number of carbonyl (C=O) groups is 1. The van der Waals surface area contributed by atoms with Gasteiger partial charge in [0.1, 0.15) is 11.3 Å². The van der Waals surface area contributed by atoms with Gasteiger partial charge in [0, 0.05) is 6.07 Å². The zero-order valence-corrected chi connectivity index (χ0v) is 11.0. The minimum atomic E-state index is -0.494. The maximum atomic E-state index is 11.2. The fraction of sp³-hybridized carbons (Fsp3) is 0.0833. The molecule has 2 heterocycles. The Morgan fingerprint density at radius 3 is 3.05 bits per heavy atom. The van der Waals surface area contributed by atoms with Gasteiger partial charge in [0.05, 0.1) is 5.75 Å². The van der Waals surface area contributed by atoms with Gasteiger partial charge in [-0.05, 0) is 12.1 Å². The van der Waals surface area contributed by atoms with Gasteiger partial charge in [-0.2, -0.15) is 0 Å². The summed E-state index contributed by atoms with van der Waals surface area (Å²) >= 11 is 1.36. The molecule has 20 heavy (non-hydrogen) atoms. The van der Waals surface area contributed by atoms with Crippen molar-refractivity contribution < 1.29 is 13.7 Å². The summed E-state index contributed by atoms with van der Waals surface area (Å²) in [7, 11) is 0. The van der Waals surface area contributed by atoms with Gasteiger partial charge < -0.3 is 8.94 Å². The van der Waals surface area contributed by atoms with Crippen LogP contribution in [0, 0.1) is 0 Å². The molecule has 1 amide bonds. The Bertz CT molecular complexity index is 719. The van der Waals surface area contributed by atoms with E-state index >= 15 is 0 Å². The Balaban J connectivity index is 1.69. The van der Waals surface area contributed by atoms with E-state index in [1.165, 1.54) is 17.8 Å². The number of nitrogen functional groups attached to an aromatic ring is 1. The normalized spacial score (nSPS) is 10.8. The van der Waals surface area contributed by atoms with Crippen LogP contribution in [-0.2, 0) is 5.75 Å². The molecule has 2 aromatic heterocycles. The van der Waals surface area contributed by atoms with Crippen molar-refractivity contribution in [2.24, 2.45) is 5.84 Å². The Hall–Kier alpha value is -2.32. The molecule has 3 rings (SSSR count). The molecule has 7 nitrogen and oxygen atoms in total. The van der Waals surface area contributed by atoms with E-state index in [1.54, 1.807) is 0 Å². The number of nitrogens with one attached hydrogen (secondary N) is 1. The highest BCUT2D eigenvalue weighted by atomic mass is 32.2. The number of carbonyl (C=O) groups excluding carboxylic acids is 1. The summed E-state index contributed by atoms with van der Waals surface area (Å²) in [6.45, 7) is 0. The average molecular weight is 290 g/mol. The fourth-order valence-electron chi connectivity index (χ4n) is 1.61. The molecule has 0 aliphatic heterocycles. The summed E-state index contributed by atoms with van der Waals surface area (Å²) in [5, 5.41) is 4.15. The quantitative estimate of drug-likeness (QED) is 0.326. The molecule has 0 saturated heterocycles. The smallest absolute Gasteiger partial charge is 0.287 e. The van der Waals surface area contributed by atoms with Crippen molar-refractivity contribution in [3.05, 3.63) is 41.8 Å². The predicted octanol–water partition coefficient (Wildman–Crippen LogP) is 1.71. The summed E-state index contributed by atoms with van der Waals surface area (Å²) in [6.07, 6.45) is 0. The van der Waals surface area contributed by atoms with Crippen molar-refractivity contribution in [2.75, 3.05) is 0 Å². The third kappa shape index (κ3) is 2.51. The number of hydrazine groups is 1. The Labute approximate surface area is 117 Å². The molecule has 1 aromatic carbocycles. The number of hydrogen-bond acceptors (Lipinski definition) is 7. The first-order valence-electron chi connectivity index (χ1n) is 5.71. The van der Waals surface area contributed by atoms with Crippen LogP contribution in [0.25, 0.3) is 11.1 Å². The second kappa shape index (κ2) is 5.35. The molecule has 0 saturated carbocycles. The summed E-state index contributed by atoms with van der Waals surface area (Å²) in [5.41, 5.74) is 3.66. The van der Waals surface area contributed by atoms with Crippen molar-refractivity contribution in [3.8, 4) is 0 Å². The third-order valence-corrected chi connectivity index (χ3v) is 3.39. The molecular weight excluding hydrogens is 280 g/mol. The number of amides is 1. The summed E-state index contributed by atoms with van der Waals surface area (Å²) in [6, 6.07) is 9.03. The SMILES string of the molecule is NNC(=O)c1cc(CSc2nc3ccccc3o2)on1. The number of nitrogens with zero attached hydrogens (tertiary/aromatic N) is 2. The number of hydrogen-bond donors (Lipinski definition) is 2. The van der Waals surface area contributed by atoms with Crippen LogP contribution < -0.4 is 11.3 Å². The van der Waals surface area contributed by atoms with Crippen molar-refractivity contribution in [2.45, 2.75) is 11.0 Å². The molecule has 3 N–H and O–H groups in total. The lowest BCUT2D eigenvalue weighted by Crippen LogP contribution is -2.30. The molecule has 102 valence electrons. The van der Waals surface area contributed by atoms with E-state index in [4.69, 9.17) is 14.8 Å². The molecule has 0 unspecified atom stereocenters. The van der Waals surface area contributed by atoms with E-state index in [0.29, 0.717) is 16.7 Å². The molecule has 0 atom stereocenters. The highest BCUT2D eigenvalue weighted by Gasteiger charge is 2.12. The number of oxazole rings is 1. The molecule has 8 heteroatoms. The first-order valence-corrected chi connectivity index (χ1v) is 6.70. The van der Waals surface area contributed by atoms with Crippen LogP contribution in [0.1, 0.15) is 16.2 Å². The zero-order valence-electron chi connectivity index (χ0n) is 10.2. The summed E-state index contributed by atoms with van der Waals surface area (Å²) in [4.78, 5) is 15.5. The van der Waals surface area contributed by atoms with Crippen molar-refractivity contribution in [3.63, 3.8) is 0 Å². The first-order chi connectivity index (χ1) is 9.76. The maximum absolute atomic E-state index is 11.2. The van der Waals surface area contributed by atoms with E-state index < -0.39 is 5.91 Å². The van der Waals surface area contributed by atoms with Gasteiger partial charge in [-0.25, -0.2) is 10.8 Å². The van der Waals surface area contributed by atoms with Crippen LogP contribution in [0.4, 0.5) is 0 Å². The lowest BCUT2D eigenvalue weighted by Gasteiger charge is -1.90. The lowest BCUT2D eigenvalue weighted by atomic mass is 10.3. The lowest BCUT2D eigenvalue weighted by molar-refractivity contribution is 0.0944. The van der Waals surface area contributed by atoms with E-state index in [9.17, 15) is 4.79 Å². The Kier molecular flexibility index (Phi) is 3.40. The van der Waals surface area contributed by atoms with Crippen molar-refractivity contribution in [1.29, 1.82) is 0 Å². The second-order valence-electron chi connectivity index (χ2n) is 3.89. The molecule has 0 aliphatic rings. The van der Waals surface area contributed by atoms with Crippen molar-refractivity contribution in [1.82, 2.24) is 15.6 Å². The first kappa shape index (κ1) is 12.7.